The molecule has 5 aromatic heterocycles. The molecule has 0 aliphatic carbocycles. The summed E-state index contributed by atoms with van der Waals surface area (Å²) in [6.07, 6.45) is 7.19. The number of aromatic nitrogens is 8. The van der Waals surface area contributed by atoms with E-state index in [1.54, 1.807) is 33.9 Å². The van der Waals surface area contributed by atoms with Gasteiger partial charge in [-0.15, -0.1) is 10.2 Å². The van der Waals surface area contributed by atoms with E-state index in [2.05, 4.69) is 30.8 Å². The molecule has 5 aromatic rings. The minimum absolute atomic E-state index is 0.140. The molecule has 122 valence electrons. The van der Waals surface area contributed by atoms with Crippen LogP contribution in [0.25, 0.3) is 34.8 Å². The Balaban J connectivity index is 1.56. The normalized spacial score (nSPS) is 11.2. The Bertz CT molecular complexity index is 1020. The molecule has 0 amide bonds. The fourth-order valence-corrected chi connectivity index (χ4v) is 2.34. The van der Waals surface area contributed by atoms with Gasteiger partial charge in [-0.3, -0.25) is 0 Å². The molecule has 0 saturated heterocycles. The van der Waals surface area contributed by atoms with Gasteiger partial charge in [-0.1, -0.05) is 0 Å². The van der Waals surface area contributed by atoms with Gasteiger partial charge in [-0.25, -0.2) is 9.26 Å². The van der Waals surface area contributed by atoms with Crippen molar-refractivity contribution < 1.29 is 13.7 Å². The molecule has 0 aromatic carbocycles. The molecule has 0 fully saturated rings. The summed E-state index contributed by atoms with van der Waals surface area (Å²) in [6, 6.07) is 7.40. The van der Waals surface area contributed by atoms with E-state index in [0.717, 1.165) is 0 Å². The number of hydrogen-bond acceptors (Lipinski definition) is 9. The van der Waals surface area contributed by atoms with Crippen LogP contribution in [0.1, 0.15) is 0 Å². The molecule has 0 radical (unpaired) electrons. The lowest BCUT2D eigenvalue weighted by atomic mass is 10.4. The smallest absolute Gasteiger partial charge is 0.274 e. The van der Waals surface area contributed by atoms with E-state index in [1.165, 1.54) is 0 Å². The van der Waals surface area contributed by atoms with Crippen LogP contribution in [0.2, 0.25) is 0 Å². The topological polar surface area (TPSA) is 127 Å². The Kier molecular flexibility index (Phi) is 2.83. The Morgan fingerprint density at radius 1 is 0.600 bits per heavy atom. The van der Waals surface area contributed by atoms with Gasteiger partial charge in [0.15, 0.2) is 0 Å². The quantitative estimate of drug-likeness (QED) is 0.482. The highest BCUT2D eigenvalue weighted by atomic mass is 16.6. The van der Waals surface area contributed by atoms with Gasteiger partial charge in [0.05, 0.1) is 0 Å². The zero-order valence-corrected chi connectivity index (χ0v) is 12.4. The molecule has 5 heterocycles. The molecule has 0 aliphatic heterocycles. The first-order valence-corrected chi connectivity index (χ1v) is 7.16. The van der Waals surface area contributed by atoms with Crippen molar-refractivity contribution in [2.24, 2.45) is 0 Å². The lowest BCUT2D eigenvalue weighted by Crippen LogP contribution is -1.93. The third kappa shape index (κ3) is 2.14. The second-order valence-corrected chi connectivity index (χ2v) is 4.97. The molecular weight excluding hydrogens is 328 g/mol. The summed E-state index contributed by atoms with van der Waals surface area (Å²) in [5.41, 5.74) is 0.628. The minimum Gasteiger partial charge on any atom is -0.413 e. The van der Waals surface area contributed by atoms with Crippen LogP contribution in [-0.2, 0) is 0 Å². The van der Waals surface area contributed by atoms with Crippen LogP contribution in [0.4, 0.5) is 0 Å². The molecule has 0 bridgehead atoms. The van der Waals surface area contributed by atoms with Crippen molar-refractivity contribution in [2.75, 3.05) is 0 Å². The maximum atomic E-state index is 5.68. The third-order valence-electron chi connectivity index (χ3n) is 3.47. The minimum atomic E-state index is 0.140. The molecular formula is C14H8N8O3. The maximum Gasteiger partial charge on any atom is 0.274 e. The molecule has 0 saturated carbocycles. The number of nitrogens with zero attached hydrogens (tertiary/aromatic N) is 8. The molecule has 11 heteroatoms. The van der Waals surface area contributed by atoms with E-state index < -0.39 is 0 Å². The first kappa shape index (κ1) is 13.4. The van der Waals surface area contributed by atoms with Crippen LogP contribution in [0.15, 0.2) is 62.7 Å². The lowest BCUT2D eigenvalue weighted by molar-refractivity contribution is 0.305. The van der Waals surface area contributed by atoms with Crippen molar-refractivity contribution in [3.63, 3.8) is 0 Å². The van der Waals surface area contributed by atoms with Crippen molar-refractivity contribution in [3.05, 3.63) is 49.1 Å². The van der Waals surface area contributed by atoms with Gasteiger partial charge in [-0.05, 0) is 44.9 Å². The van der Waals surface area contributed by atoms with E-state index in [4.69, 9.17) is 13.7 Å². The van der Waals surface area contributed by atoms with Gasteiger partial charge in [0, 0.05) is 24.8 Å². The summed E-state index contributed by atoms with van der Waals surface area (Å²) in [5, 5.41) is 23.4. The van der Waals surface area contributed by atoms with Crippen molar-refractivity contribution in [3.8, 4) is 34.8 Å². The SMILES string of the molecule is c1ccn(-c2nonc2-c2nnc(-c3nonc3-n3cccc3)o2)c1. The number of hydrogen-bond donors (Lipinski definition) is 0. The predicted molar refractivity (Wildman–Crippen MR) is 79.5 cm³/mol. The highest BCUT2D eigenvalue weighted by molar-refractivity contribution is 5.61. The first-order valence-electron chi connectivity index (χ1n) is 7.16. The van der Waals surface area contributed by atoms with Crippen molar-refractivity contribution in [2.45, 2.75) is 0 Å². The van der Waals surface area contributed by atoms with Gasteiger partial charge in [0.1, 0.15) is 0 Å². The van der Waals surface area contributed by atoms with E-state index in [9.17, 15) is 0 Å². The molecule has 0 unspecified atom stereocenters. The average Bonchev–Trinajstić information content (AvgIpc) is 3.48. The Hall–Kier alpha value is -4.02. The van der Waals surface area contributed by atoms with Crippen LogP contribution in [0, 0.1) is 0 Å². The zero-order chi connectivity index (χ0) is 16.6. The van der Waals surface area contributed by atoms with E-state index >= 15 is 0 Å². The van der Waals surface area contributed by atoms with E-state index in [0.29, 0.717) is 23.0 Å². The van der Waals surface area contributed by atoms with E-state index in [-0.39, 0.29) is 11.8 Å². The molecule has 25 heavy (non-hydrogen) atoms. The highest BCUT2D eigenvalue weighted by Gasteiger charge is 2.24. The van der Waals surface area contributed by atoms with Crippen LogP contribution in [-0.4, -0.2) is 40.0 Å². The zero-order valence-electron chi connectivity index (χ0n) is 12.4. The predicted octanol–water partition coefficient (Wildman–Crippen LogP) is 1.75. The lowest BCUT2D eigenvalue weighted by Gasteiger charge is -1.96. The monoisotopic (exact) mass is 336 g/mol. The Morgan fingerprint density at radius 2 is 1.04 bits per heavy atom. The molecule has 5 rings (SSSR count). The summed E-state index contributed by atoms with van der Waals surface area (Å²) in [7, 11) is 0. The summed E-state index contributed by atoms with van der Waals surface area (Å²) in [5.74, 6) is 1.15. The van der Waals surface area contributed by atoms with Gasteiger partial charge < -0.3 is 13.6 Å². The summed E-state index contributed by atoms with van der Waals surface area (Å²) in [4.78, 5) is 0. The fourth-order valence-electron chi connectivity index (χ4n) is 2.34. The van der Waals surface area contributed by atoms with Gasteiger partial charge in [0.2, 0.25) is 23.0 Å². The van der Waals surface area contributed by atoms with Crippen molar-refractivity contribution in [1.29, 1.82) is 0 Å². The Labute approximate surface area is 138 Å². The third-order valence-corrected chi connectivity index (χ3v) is 3.47. The molecule has 0 atom stereocenters. The molecule has 0 aliphatic rings. The average molecular weight is 336 g/mol. The standard InChI is InChI=1S/C14H8N8O3/c1-2-6-21(5-1)11-9(17-24-19-11)13-15-16-14(23-13)10-12(20-25-18-10)22-7-3-4-8-22/h1-8H. The van der Waals surface area contributed by atoms with Gasteiger partial charge >= 0.3 is 0 Å². The maximum absolute atomic E-state index is 5.68. The fraction of sp³-hybridized carbons (Fsp3) is 0. The van der Waals surface area contributed by atoms with E-state index in [1.807, 2.05) is 24.3 Å². The largest absolute Gasteiger partial charge is 0.413 e. The molecule has 0 N–H and O–H groups in total. The van der Waals surface area contributed by atoms with Crippen LogP contribution in [0.3, 0.4) is 0 Å². The second kappa shape index (κ2) is 5.26. The highest BCUT2D eigenvalue weighted by Crippen LogP contribution is 2.27. The summed E-state index contributed by atoms with van der Waals surface area (Å²) in [6.45, 7) is 0. The summed E-state index contributed by atoms with van der Waals surface area (Å²) >= 11 is 0. The first-order chi connectivity index (χ1) is 12.4. The summed E-state index contributed by atoms with van der Waals surface area (Å²) < 4.78 is 18.7. The van der Waals surface area contributed by atoms with Gasteiger partial charge in [-0.2, -0.15) is 0 Å². The van der Waals surface area contributed by atoms with Gasteiger partial charge in [0.25, 0.3) is 11.8 Å². The van der Waals surface area contributed by atoms with Crippen molar-refractivity contribution in [1.82, 2.24) is 40.0 Å². The van der Waals surface area contributed by atoms with Crippen LogP contribution >= 0.6 is 0 Å². The van der Waals surface area contributed by atoms with Crippen molar-refractivity contribution >= 4 is 0 Å². The Morgan fingerprint density at radius 3 is 1.48 bits per heavy atom. The molecule has 11 nitrogen and oxygen atoms in total. The van der Waals surface area contributed by atoms with Crippen LogP contribution in [0.5, 0.6) is 0 Å². The van der Waals surface area contributed by atoms with Crippen LogP contribution < -0.4 is 0 Å². The second-order valence-electron chi connectivity index (χ2n) is 4.97. The number of rotatable bonds is 4. The molecule has 0 spiro atoms.